The zero-order valence-corrected chi connectivity index (χ0v) is 23.0. The minimum Gasteiger partial charge on any atom is -0.463 e. The molecule has 2 aliphatic heterocycles. The number of unbranched alkanes of at least 4 members (excludes halogenated alkanes) is 7. The molecule has 0 aromatic rings. The molecular formula is C23H34Cl3F2N3O7. The first kappa shape index (κ1) is 32.8. The molecule has 38 heavy (non-hydrogen) atoms. The van der Waals surface area contributed by atoms with Crippen LogP contribution in [0, 0.1) is 0 Å². The topological polar surface area (TPSA) is 140 Å². The molecule has 0 saturated carbocycles. The third-order valence-electron chi connectivity index (χ3n) is 5.93. The summed E-state index contributed by atoms with van der Waals surface area (Å²) in [5.74, 6) is -4.77. The number of nitrogens with zero attached hydrogens (tertiary/aromatic N) is 1. The molecular weight excluding hydrogens is 575 g/mol. The second-order valence-corrected chi connectivity index (χ2v) is 11.7. The van der Waals surface area contributed by atoms with E-state index in [9.17, 15) is 28.3 Å². The maximum absolute atomic E-state index is 14.5. The van der Waals surface area contributed by atoms with Crippen molar-refractivity contribution in [2.75, 3.05) is 13.2 Å². The number of alkyl halides is 5. The van der Waals surface area contributed by atoms with Crippen molar-refractivity contribution in [1.29, 1.82) is 0 Å². The van der Waals surface area contributed by atoms with Crippen molar-refractivity contribution in [2.45, 2.75) is 98.5 Å². The zero-order valence-electron chi connectivity index (χ0n) is 20.8. The largest absolute Gasteiger partial charge is 0.463 e. The predicted octanol–water partition coefficient (Wildman–Crippen LogP) is 3.89. The number of carbonyl (C=O) groups is 3. The number of rotatable bonds is 15. The minimum absolute atomic E-state index is 0.105. The van der Waals surface area contributed by atoms with Crippen LogP contribution in [0.25, 0.3) is 0 Å². The molecule has 2 rings (SSSR count). The standard InChI is InChI=1S/C23H34Cl3F2N3O7/c24-22(25,26)14-37-18(33)10-8-6-4-2-1-3-5-7-9-17(32)36-13-15-19(34)23(27,28)20(38-15)31-12-11-16(29)30-21(31)35/h11-12,15-16,19-20,34H,1-10,13-14,29H2,(H,30,35). The molecule has 0 aromatic heterocycles. The van der Waals surface area contributed by atoms with Crippen LogP contribution in [0.5, 0.6) is 0 Å². The number of halogens is 5. The molecule has 0 radical (unpaired) electrons. The molecule has 218 valence electrons. The van der Waals surface area contributed by atoms with E-state index in [1.165, 1.54) is 6.08 Å². The number of urea groups is 1. The van der Waals surface area contributed by atoms with Gasteiger partial charge in [-0.1, -0.05) is 73.3 Å². The highest BCUT2D eigenvalue weighted by atomic mass is 35.6. The maximum Gasteiger partial charge on any atom is 0.325 e. The summed E-state index contributed by atoms with van der Waals surface area (Å²) in [5, 5.41) is 12.2. The molecule has 2 amide bonds. The number of hydrogen-bond acceptors (Lipinski definition) is 8. The van der Waals surface area contributed by atoms with Gasteiger partial charge in [-0.05, 0) is 18.9 Å². The average molecular weight is 609 g/mol. The van der Waals surface area contributed by atoms with Crippen molar-refractivity contribution in [3.05, 3.63) is 12.3 Å². The van der Waals surface area contributed by atoms with E-state index in [0.717, 1.165) is 44.7 Å². The molecule has 2 aliphatic rings. The van der Waals surface area contributed by atoms with Gasteiger partial charge in [0.25, 0.3) is 0 Å². The molecule has 10 nitrogen and oxygen atoms in total. The monoisotopic (exact) mass is 607 g/mol. The molecule has 15 heteroatoms. The van der Waals surface area contributed by atoms with Crippen LogP contribution >= 0.6 is 34.8 Å². The van der Waals surface area contributed by atoms with Gasteiger partial charge in [0.2, 0.25) is 10.0 Å². The molecule has 0 aliphatic carbocycles. The van der Waals surface area contributed by atoms with Crippen molar-refractivity contribution < 1.29 is 42.5 Å². The quantitative estimate of drug-likeness (QED) is 0.145. The van der Waals surface area contributed by atoms with Crippen molar-refractivity contribution in [2.24, 2.45) is 5.73 Å². The summed E-state index contributed by atoms with van der Waals surface area (Å²) in [4.78, 5) is 36.1. The van der Waals surface area contributed by atoms with Crippen molar-refractivity contribution >= 4 is 52.8 Å². The third-order valence-corrected chi connectivity index (χ3v) is 6.26. The van der Waals surface area contributed by atoms with E-state index in [-0.39, 0.29) is 19.4 Å². The Kier molecular flexibility index (Phi) is 13.3. The fraction of sp³-hybridized carbons (Fsp3) is 0.783. The lowest BCUT2D eigenvalue weighted by molar-refractivity contribution is -0.151. The van der Waals surface area contributed by atoms with Gasteiger partial charge in [0.05, 0.1) is 6.17 Å². The molecule has 1 saturated heterocycles. The van der Waals surface area contributed by atoms with Crippen LogP contribution in [0.15, 0.2) is 12.3 Å². The molecule has 4 N–H and O–H groups in total. The normalized spacial score (nSPS) is 24.8. The van der Waals surface area contributed by atoms with Crippen molar-refractivity contribution in [3.63, 3.8) is 0 Å². The molecule has 2 heterocycles. The Labute approximate surface area is 235 Å². The van der Waals surface area contributed by atoms with E-state index in [0.29, 0.717) is 17.7 Å². The van der Waals surface area contributed by atoms with Crippen molar-refractivity contribution in [1.82, 2.24) is 10.2 Å². The van der Waals surface area contributed by atoms with Crippen LogP contribution in [0.2, 0.25) is 0 Å². The average Bonchev–Trinajstić information content (AvgIpc) is 3.05. The summed E-state index contributed by atoms with van der Waals surface area (Å²) >= 11 is 16.5. The van der Waals surface area contributed by atoms with E-state index in [4.69, 9.17) is 54.7 Å². The minimum atomic E-state index is -3.78. The number of carbonyl (C=O) groups excluding carboxylic acids is 3. The number of esters is 2. The van der Waals surface area contributed by atoms with E-state index >= 15 is 0 Å². The van der Waals surface area contributed by atoms with Crippen LogP contribution in [0.3, 0.4) is 0 Å². The number of aliphatic hydroxyl groups excluding tert-OH is 1. The predicted molar refractivity (Wildman–Crippen MR) is 135 cm³/mol. The first-order chi connectivity index (χ1) is 17.8. The molecule has 0 bridgehead atoms. The van der Waals surface area contributed by atoms with E-state index in [1.54, 1.807) is 0 Å². The van der Waals surface area contributed by atoms with Gasteiger partial charge in [0.15, 0.2) is 6.10 Å². The Morgan fingerprint density at radius 3 is 2.11 bits per heavy atom. The van der Waals surface area contributed by atoms with Crippen molar-refractivity contribution in [3.8, 4) is 0 Å². The zero-order chi connectivity index (χ0) is 28.3. The van der Waals surface area contributed by atoms with Crippen LogP contribution in [-0.2, 0) is 23.8 Å². The molecule has 4 unspecified atom stereocenters. The van der Waals surface area contributed by atoms with Gasteiger partial charge in [0, 0.05) is 19.0 Å². The summed E-state index contributed by atoms with van der Waals surface area (Å²) in [6.45, 7) is -0.841. The first-order valence-corrected chi connectivity index (χ1v) is 13.6. The Bertz CT molecular complexity index is 833. The number of nitrogens with two attached hydrogens (primary N) is 1. The highest BCUT2D eigenvalue weighted by molar-refractivity contribution is 6.67. The second kappa shape index (κ2) is 15.4. The highest BCUT2D eigenvalue weighted by Gasteiger charge is 2.61. The number of amides is 2. The van der Waals surface area contributed by atoms with Crippen LogP contribution in [0.1, 0.15) is 64.2 Å². The van der Waals surface area contributed by atoms with Gasteiger partial charge < -0.3 is 30.4 Å². The highest BCUT2D eigenvalue weighted by Crippen LogP contribution is 2.38. The second-order valence-electron chi connectivity index (χ2n) is 9.16. The SMILES string of the molecule is NC1C=CN(C2OC(COC(=O)CCCCCCCCCCC(=O)OCC(Cl)(Cl)Cl)C(O)C2(F)F)C(=O)N1. The Balaban J connectivity index is 1.53. The molecule has 0 aromatic carbocycles. The Morgan fingerprint density at radius 2 is 1.58 bits per heavy atom. The van der Waals surface area contributed by atoms with Gasteiger partial charge >= 0.3 is 23.9 Å². The third kappa shape index (κ3) is 11.0. The summed E-state index contributed by atoms with van der Waals surface area (Å²) in [7, 11) is 0. The van der Waals surface area contributed by atoms with Crippen LogP contribution < -0.4 is 11.1 Å². The molecule has 4 atom stereocenters. The number of nitrogens with one attached hydrogen (secondary N) is 1. The Morgan fingerprint density at radius 1 is 1.05 bits per heavy atom. The lowest BCUT2D eigenvalue weighted by atomic mass is 10.1. The van der Waals surface area contributed by atoms with E-state index < -0.39 is 58.9 Å². The Hall–Kier alpha value is -1.44. The van der Waals surface area contributed by atoms with Crippen LogP contribution in [0.4, 0.5) is 13.6 Å². The fourth-order valence-corrected chi connectivity index (χ4v) is 4.05. The van der Waals surface area contributed by atoms with Gasteiger partial charge in [-0.25, -0.2) is 4.79 Å². The first-order valence-electron chi connectivity index (χ1n) is 12.4. The fourth-order valence-electron chi connectivity index (χ4n) is 3.89. The number of aliphatic hydroxyl groups is 1. The van der Waals surface area contributed by atoms with Gasteiger partial charge in [-0.3, -0.25) is 14.5 Å². The van der Waals surface area contributed by atoms with E-state index in [1.807, 2.05) is 0 Å². The lowest BCUT2D eigenvalue weighted by Crippen LogP contribution is -2.57. The van der Waals surface area contributed by atoms with Gasteiger partial charge in [0.1, 0.15) is 19.3 Å². The lowest BCUT2D eigenvalue weighted by Gasteiger charge is -2.32. The number of ether oxygens (including phenoxy) is 3. The summed E-state index contributed by atoms with van der Waals surface area (Å²) < 4.78 is 42.5. The molecule has 0 spiro atoms. The summed E-state index contributed by atoms with van der Waals surface area (Å²) in [6.07, 6.45) is 2.82. The summed E-state index contributed by atoms with van der Waals surface area (Å²) in [6, 6.07) is -0.895. The van der Waals surface area contributed by atoms with Gasteiger partial charge in [-0.15, -0.1) is 0 Å². The molecule has 1 fully saturated rings. The van der Waals surface area contributed by atoms with Crippen LogP contribution in [-0.4, -0.2) is 75.5 Å². The van der Waals surface area contributed by atoms with Gasteiger partial charge in [-0.2, -0.15) is 8.78 Å². The number of hydrogen-bond donors (Lipinski definition) is 3. The maximum atomic E-state index is 14.5. The summed E-state index contributed by atoms with van der Waals surface area (Å²) in [5.41, 5.74) is 5.50. The van der Waals surface area contributed by atoms with E-state index in [2.05, 4.69) is 5.32 Å². The smallest absolute Gasteiger partial charge is 0.325 e.